The molecule has 3 rings (SSSR count). The normalized spacial score (nSPS) is 22.5. The number of carbonyl (C=O) groups excluding carboxylic acids is 1. The molecule has 120 valence electrons. The molecule has 0 spiro atoms. The van der Waals surface area contributed by atoms with Crippen molar-refractivity contribution in [3.05, 3.63) is 23.8 Å². The van der Waals surface area contributed by atoms with Crippen molar-refractivity contribution >= 4 is 5.91 Å². The van der Waals surface area contributed by atoms with Crippen LogP contribution in [-0.2, 0) is 0 Å². The second-order valence-electron chi connectivity index (χ2n) is 5.54. The van der Waals surface area contributed by atoms with E-state index in [4.69, 9.17) is 9.47 Å². The van der Waals surface area contributed by atoms with E-state index in [1.807, 2.05) is 0 Å². The molecule has 1 amide bonds. The molecule has 4 nitrogen and oxygen atoms in total. The summed E-state index contributed by atoms with van der Waals surface area (Å²) in [6.45, 7) is 1.87. The molecule has 0 radical (unpaired) electrons. The number of hydrogen-bond donors (Lipinski definition) is 0. The summed E-state index contributed by atoms with van der Waals surface area (Å²) >= 11 is 0. The van der Waals surface area contributed by atoms with Gasteiger partial charge in [-0.3, -0.25) is 4.79 Å². The monoisotopic (exact) mass is 315 g/mol. The second kappa shape index (κ2) is 5.37. The molecule has 1 aromatic rings. The number of nitrogens with zero attached hydrogens (tertiary/aromatic N) is 1. The molecular weight excluding hydrogens is 299 g/mol. The minimum atomic E-state index is -4.49. The minimum Gasteiger partial charge on any atom is -0.490 e. The van der Waals surface area contributed by atoms with Crippen LogP contribution in [0.15, 0.2) is 18.2 Å². The Kier molecular flexibility index (Phi) is 3.66. The zero-order chi connectivity index (χ0) is 15.9. The number of carbonyl (C=O) groups is 1. The number of rotatable bonds is 2. The van der Waals surface area contributed by atoms with Crippen LogP contribution < -0.4 is 9.47 Å². The molecule has 2 heterocycles. The lowest BCUT2D eigenvalue weighted by Gasteiger charge is -2.22. The fourth-order valence-corrected chi connectivity index (χ4v) is 2.80. The summed E-state index contributed by atoms with van der Waals surface area (Å²) in [6.07, 6.45) is -4.77. The highest BCUT2D eigenvalue weighted by Gasteiger charge is 2.40. The standard InChI is InChI=1S/C15H16F3NO3/c1-9(15(16,17)18)22-12-6-2-5-11-13(12)14(20)19-7-3-4-10(19)8-21-11/h2,5-6,9-10H,3-4,7-8H2,1H3/t9-,10?/m1/s1. The lowest BCUT2D eigenvalue weighted by molar-refractivity contribution is -0.189. The predicted octanol–water partition coefficient (Wildman–Crippen LogP) is 3.01. The van der Waals surface area contributed by atoms with Gasteiger partial charge in [0.05, 0.1) is 6.04 Å². The Labute approximate surface area is 125 Å². The molecule has 1 unspecified atom stereocenters. The van der Waals surface area contributed by atoms with Crippen molar-refractivity contribution in [2.24, 2.45) is 0 Å². The van der Waals surface area contributed by atoms with Crippen molar-refractivity contribution in [1.82, 2.24) is 4.90 Å². The summed E-state index contributed by atoms with van der Waals surface area (Å²) < 4.78 is 48.7. The molecule has 1 aromatic carbocycles. The largest absolute Gasteiger partial charge is 0.490 e. The van der Waals surface area contributed by atoms with Crippen LogP contribution >= 0.6 is 0 Å². The molecule has 0 bridgehead atoms. The number of ether oxygens (including phenoxy) is 2. The van der Waals surface area contributed by atoms with Crippen molar-refractivity contribution < 1.29 is 27.4 Å². The first-order valence-electron chi connectivity index (χ1n) is 7.18. The first-order chi connectivity index (χ1) is 10.4. The number of fused-ring (bicyclic) bond motifs is 2. The molecule has 2 aliphatic heterocycles. The molecule has 0 aliphatic carbocycles. The maximum Gasteiger partial charge on any atom is 0.425 e. The maximum atomic E-state index is 12.7. The van der Waals surface area contributed by atoms with E-state index < -0.39 is 12.3 Å². The molecule has 22 heavy (non-hydrogen) atoms. The zero-order valence-corrected chi connectivity index (χ0v) is 12.0. The molecule has 0 saturated carbocycles. The Morgan fingerprint density at radius 3 is 2.91 bits per heavy atom. The van der Waals surface area contributed by atoms with E-state index in [0.29, 0.717) is 13.2 Å². The SMILES string of the molecule is C[C@@H](Oc1cccc2c1C(=O)N1CCCC1CO2)C(F)(F)F. The number of benzene rings is 1. The third-order valence-electron chi connectivity index (χ3n) is 4.04. The van der Waals surface area contributed by atoms with Gasteiger partial charge in [-0.15, -0.1) is 0 Å². The van der Waals surface area contributed by atoms with Crippen molar-refractivity contribution in [3.8, 4) is 11.5 Å². The van der Waals surface area contributed by atoms with Gasteiger partial charge in [0.15, 0.2) is 6.10 Å². The van der Waals surface area contributed by atoms with Crippen LogP contribution in [0.5, 0.6) is 11.5 Å². The number of halogens is 3. The second-order valence-corrected chi connectivity index (χ2v) is 5.54. The number of hydrogen-bond acceptors (Lipinski definition) is 3. The fraction of sp³-hybridized carbons (Fsp3) is 0.533. The van der Waals surface area contributed by atoms with E-state index in [9.17, 15) is 18.0 Å². The van der Waals surface area contributed by atoms with E-state index in [2.05, 4.69) is 0 Å². The third-order valence-corrected chi connectivity index (χ3v) is 4.04. The van der Waals surface area contributed by atoms with E-state index in [1.165, 1.54) is 12.1 Å². The zero-order valence-electron chi connectivity index (χ0n) is 12.0. The summed E-state index contributed by atoms with van der Waals surface area (Å²) in [5, 5.41) is 0. The van der Waals surface area contributed by atoms with E-state index in [1.54, 1.807) is 11.0 Å². The summed E-state index contributed by atoms with van der Waals surface area (Å²) in [6, 6.07) is 4.47. The van der Waals surface area contributed by atoms with E-state index >= 15 is 0 Å². The molecule has 1 fully saturated rings. The number of alkyl halides is 3. The Hall–Kier alpha value is -1.92. The van der Waals surface area contributed by atoms with Crippen molar-refractivity contribution in [3.63, 3.8) is 0 Å². The van der Waals surface area contributed by atoms with Gasteiger partial charge in [-0.05, 0) is 31.9 Å². The average Bonchev–Trinajstić information content (AvgIpc) is 2.87. The third kappa shape index (κ3) is 2.60. The first-order valence-corrected chi connectivity index (χ1v) is 7.18. The maximum absolute atomic E-state index is 12.7. The Bertz CT molecular complexity index is 588. The van der Waals surface area contributed by atoms with Gasteiger partial charge >= 0.3 is 6.18 Å². The van der Waals surface area contributed by atoms with Gasteiger partial charge in [0.2, 0.25) is 0 Å². The van der Waals surface area contributed by atoms with E-state index in [0.717, 1.165) is 19.8 Å². The fourth-order valence-electron chi connectivity index (χ4n) is 2.80. The Morgan fingerprint density at radius 1 is 1.41 bits per heavy atom. The van der Waals surface area contributed by atoms with Crippen molar-refractivity contribution in [1.29, 1.82) is 0 Å². The number of amides is 1. The highest BCUT2D eigenvalue weighted by Crippen LogP contribution is 2.37. The van der Waals surface area contributed by atoms with Crippen LogP contribution in [0, 0.1) is 0 Å². The van der Waals surface area contributed by atoms with E-state index in [-0.39, 0.29) is 29.0 Å². The van der Waals surface area contributed by atoms with Gasteiger partial charge in [0, 0.05) is 6.54 Å². The molecule has 0 N–H and O–H groups in total. The van der Waals surface area contributed by atoms with Crippen LogP contribution in [-0.4, -0.2) is 42.3 Å². The van der Waals surface area contributed by atoms with Crippen LogP contribution in [0.25, 0.3) is 0 Å². The van der Waals surface area contributed by atoms with Gasteiger partial charge in [0.1, 0.15) is 23.7 Å². The van der Waals surface area contributed by atoms with Crippen LogP contribution in [0.1, 0.15) is 30.1 Å². The Balaban J connectivity index is 1.96. The highest BCUT2D eigenvalue weighted by molar-refractivity contribution is 6.00. The smallest absolute Gasteiger partial charge is 0.425 e. The van der Waals surface area contributed by atoms with Gasteiger partial charge in [0.25, 0.3) is 5.91 Å². The molecule has 0 aromatic heterocycles. The van der Waals surface area contributed by atoms with Gasteiger partial charge < -0.3 is 14.4 Å². The van der Waals surface area contributed by atoms with Crippen molar-refractivity contribution in [2.45, 2.75) is 38.1 Å². The summed E-state index contributed by atoms with van der Waals surface area (Å²) in [5.74, 6) is -0.119. The van der Waals surface area contributed by atoms with Crippen LogP contribution in [0.2, 0.25) is 0 Å². The topological polar surface area (TPSA) is 38.8 Å². The molecule has 1 saturated heterocycles. The van der Waals surface area contributed by atoms with Crippen LogP contribution in [0.4, 0.5) is 13.2 Å². The van der Waals surface area contributed by atoms with Gasteiger partial charge in [-0.25, -0.2) is 0 Å². The average molecular weight is 315 g/mol. The highest BCUT2D eigenvalue weighted by atomic mass is 19.4. The molecule has 7 heteroatoms. The lowest BCUT2D eigenvalue weighted by Crippen LogP contribution is -2.37. The lowest BCUT2D eigenvalue weighted by atomic mass is 10.1. The minimum absolute atomic E-state index is 0.0206. The van der Waals surface area contributed by atoms with Crippen molar-refractivity contribution in [2.75, 3.05) is 13.2 Å². The molecule has 2 atom stereocenters. The predicted molar refractivity (Wildman–Crippen MR) is 72.1 cm³/mol. The molecular formula is C15H16F3NO3. The van der Waals surface area contributed by atoms with Gasteiger partial charge in [-0.1, -0.05) is 6.07 Å². The van der Waals surface area contributed by atoms with Crippen LogP contribution in [0.3, 0.4) is 0 Å². The first kappa shape index (κ1) is 15.0. The summed E-state index contributed by atoms with van der Waals surface area (Å²) in [7, 11) is 0. The summed E-state index contributed by atoms with van der Waals surface area (Å²) in [4.78, 5) is 14.3. The Morgan fingerprint density at radius 2 is 2.18 bits per heavy atom. The quantitative estimate of drug-likeness (QED) is 0.842. The molecule has 2 aliphatic rings. The summed E-state index contributed by atoms with van der Waals surface area (Å²) in [5.41, 5.74) is 0.0861. The van der Waals surface area contributed by atoms with Gasteiger partial charge in [-0.2, -0.15) is 13.2 Å².